The van der Waals surface area contributed by atoms with Crippen molar-refractivity contribution in [2.75, 3.05) is 45.3 Å². The van der Waals surface area contributed by atoms with Crippen molar-refractivity contribution >= 4 is 5.69 Å². The van der Waals surface area contributed by atoms with E-state index in [2.05, 4.69) is 48.2 Å². The number of anilines is 1. The van der Waals surface area contributed by atoms with Crippen molar-refractivity contribution in [1.82, 2.24) is 4.90 Å². The van der Waals surface area contributed by atoms with Crippen LogP contribution in [0.4, 0.5) is 5.69 Å². The van der Waals surface area contributed by atoms with Gasteiger partial charge in [0.15, 0.2) is 0 Å². The van der Waals surface area contributed by atoms with Crippen molar-refractivity contribution in [1.29, 1.82) is 0 Å². The lowest BCUT2D eigenvalue weighted by atomic mass is 10.2. The molecule has 0 N–H and O–H groups in total. The molecule has 0 unspecified atom stereocenters. The van der Waals surface area contributed by atoms with Gasteiger partial charge in [-0.3, -0.25) is 4.90 Å². The van der Waals surface area contributed by atoms with Crippen molar-refractivity contribution in [2.45, 2.75) is 6.54 Å². The number of hydrogen-bond acceptors (Lipinski definition) is 3. The Hall–Kier alpha value is -1.06. The van der Waals surface area contributed by atoms with Gasteiger partial charge in [-0.15, -0.1) is 0 Å². The van der Waals surface area contributed by atoms with Crippen molar-refractivity contribution < 1.29 is 4.74 Å². The van der Waals surface area contributed by atoms with Crippen LogP contribution in [-0.2, 0) is 11.3 Å². The van der Waals surface area contributed by atoms with Crippen molar-refractivity contribution in [3.63, 3.8) is 0 Å². The molecule has 1 aromatic rings. The van der Waals surface area contributed by atoms with Crippen LogP contribution in [0.25, 0.3) is 0 Å². The Morgan fingerprint density at radius 1 is 1.12 bits per heavy atom. The smallest absolute Gasteiger partial charge is 0.0594 e. The summed E-state index contributed by atoms with van der Waals surface area (Å²) in [5.74, 6) is 0. The molecule has 1 aromatic carbocycles. The van der Waals surface area contributed by atoms with Gasteiger partial charge in [0.1, 0.15) is 0 Å². The van der Waals surface area contributed by atoms with E-state index in [-0.39, 0.29) is 0 Å². The summed E-state index contributed by atoms with van der Waals surface area (Å²) in [6, 6.07) is 8.78. The molecule has 1 saturated heterocycles. The van der Waals surface area contributed by atoms with Gasteiger partial charge in [0.25, 0.3) is 0 Å². The minimum absolute atomic E-state index is 0.871. The van der Waals surface area contributed by atoms with Gasteiger partial charge >= 0.3 is 0 Å². The van der Waals surface area contributed by atoms with Crippen molar-refractivity contribution in [3.8, 4) is 0 Å². The Morgan fingerprint density at radius 3 is 2.31 bits per heavy atom. The molecule has 16 heavy (non-hydrogen) atoms. The molecule has 1 fully saturated rings. The third kappa shape index (κ3) is 2.97. The van der Waals surface area contributed by atoms with E-state index in [0.29, 0.717) is 0 Å². The van der Waals surface area contributed by atoms with E-state index in [1.165, 1.54) is 11.3 Å². The minimum atomic E-state index is 0.871. The first-order chi connectivity index (χ1) is 7.75. The molecule has 3 heteroatoms. The van der Waals surface area contributed by atoms with E-state index in [0.717, 1.165) is 32.8 Å². The van der Waals surface area contributed by atoms with Gasteiger partial charge in [-0.05, 0) is 17.7 Å². The molecular formula is C13H20N2O. The number of hydrogen-bond donors (Lipinski definition) is 0. The summed E-state index contributed by atoms with van der Waals surface area (Å²) in [4.78, 5) is 4.56. The standard InChI is InChI=1S/C13H20N2O/c1-14(2)13-5-3-12(4-6-13)11-15-7-9-16-10-8-15/h3-6H,7-11H2,1-2H3. The van der Waals surface area contributed by atoms with E-state index in [4.69, 9.17) is 4.74 Å². The fraction of sp³-hybridized carbons (Fsp3) is 0.538. The molecule has 1 aliphatic heterocycles. The SMILES string of the molecule is CN(C)c1ccc(CN2CCOCC2)cc1. The summed E-state index contributed by atoms with van der Waals surface area (Å²) < 4.78 is 5.34. The summed E-state index contributed by atoms with van der Waals surface area (Å²) in [6.07, 6.45) is 0. The van der Waals surface area contributed by atoms with Crippen LogP contribution in [0.2, 0.25) is 0 Å². The molecule has 0 bridgehead atoms. The third-order valence-electron chi connectivity index (χ3n) is 2.96. The lowest BCUT2D eigenvalue weighted by molar-refractivity contribution is 0.0342. The zero-order valence-corrected chi connectivity index (χ0v) is 10.1. The average Bonchev–Trinajstić information content (AvgIpc) is 2.31. The quantitative estimate of drug-likeness (QED) is 0.769. The van der Waals surface area contributed by atoms with E-state index < -0.39 is 0 Å². The molecule has 0 spiro atoms. The minimum Gasteiger partial charge on any atom is -0.379 e. The molecule has 1 heterocycles. The second-order valence-electron chi connectivity index (χ2n) is 4.45. The van der Waals surface area contributed by atoms with Gasteiger partial charge in [-0.2, -0.15) is 0 Å². The largest absolute Gasteiger partial charge is 0.379 e. The fourth-order valence-corrected chi connectivity index (χ4v) is 1.92. The van der Waals surface area contributed by atoms with Crippen LogP contribution in [0.3, 0.4) is 0 Å². The van der Waals surface area contributed by atoms with Crippen LogP contribution >= 0.6 is 0 Å². The molecular weight excluding hydrogens is 200 g/mol. The van der Waals surface area contributed by atoms with Gasteiger partial charge < -0.3 is 9.64 Å². The Balaban J connectivity index is 1.93. The van der Waals surface area contributed by atoms with Gasteiger partial charge in [-0.1, -0.05) is 12.1 Å². The Kier molecular flexibility index (Phi) is 3.80. The molecule has 0 aliphatic carbocycles. The number of morpholine rings is 1. The summed E-state index contributed by atoms with van der Waals surface area (Å²) in [7, 11) is 4.13. The van der Waals surface area contributed by atoms with Gasteiger partial charge in [0.05, 0.1) is 13.2 Å². The van der Waals surface area contributed by atoms with Crippen LogP contribution in [0.5, 0.6) is 0 Å². The first-order valence-corrected chi connectivity index (χ1v) is 5.82. The molecule has 0 radical (unpaired) electrons. The van der Waals surface area contributed by atoms with Gasteiger partial charge in [-0.25, -0.2) is 0 Å². The summed E-state index contributed by atoms with van der Waals surface area (Å²) >= 11 is 0. The summed E-state index contributed by atoms with van der Waals surface area (Å²) in [5.41, 5.74) is 2.64. The Morgan fingerprint density at radius 2 is 1.75 bits per heavy atom. The third-order valence-corrected chi connectivity index (χ3v) is 2.96. The predicted octanol–water partition coefficient (Wildman–Crippen LogP) is 1.58. The van der Waals surface area contributed by atoms with Gasteiger partial charge in [0.2, 0.25) is 0 Å². The van der Waals surface area contributed by atoms with Crippen LogP contribution in [0.15, 0.2) is 24.3 Å². The molecule has 0 amide bonds. The zero-order chi connectivity index (χ0) is 11.4. The molecule has 1 aliphatic rings. The highest BCUT2D eigenvalue weighted by Gasteiger charge is 2.10. The van der Waals surface area contributed by atoms with Crippen LogP contribution < -0.4 is 4.90 Å². The highest BCUT2D eigenvalue weighted by molar-refractivity contribution is 5.45. The maximum atomic E-state index is 5.34. The summed E-state index contributed by atoms with van der Waals surface area (Å²) in [6.45, 7) is 4.88. The molecule has 0 saturated carbocycles. The number of ether oxygens (including phenoxy) is 1. The van der Waals surface area contributed by atoms with Gasteiger partial charge in [0, 0.05) is 39.4 Å². The van der Waals surface area contributed by atoms with Crippen LogP contribution in [0, 0.1) is 0 Å². The van der Waals surface area contributed by atoms with Crippen molar-refractivity contribution in [2.24, 2.45) is 0 Å². The molecule has 3 nitrogen and oxygen atoms in total. The number of benzene rings is 1. The lowest BCUT2D eigenvalue weighted by Crippen LogP contribution is -2.35. The molecule has 0 aromatic heterocycles. The first-order valence-electron chi connectivity index (χ1n) is 5.82. The molecule has 2 rings (SSSR count). The monoisotopic (exact) mass is 220 g/mol. The Labute approximate surface area is 97.6 Å². The first kappa shape index (κ1) is 11.4. The normalized spacial score (nSPS) is 17.4. The van der Waals surface area contributed by atoms with E-state index in [1.54, 1.807) is 0 Å². The Bertz CT molecular complexity index is 315. The second-order valence-corrected chi connectivity index (χ2v) is 4.45. The fourth-order valence-electron chi connectivity index (χ4n) is 1.92. The second kappa shape index (κ2) is 5.32. The van der Waals surface area contributed by atoms with Crippen LogP contribution in [0.1, 0.15) is 5.56 Å². The molecule has 0 atom stereocenters. The summed E-state index contributed by atoms with van der Waals surface area (Å²) in [5, 5.41) is 0. The number of rotatable bonds is 3. The highest BCUT2D eigenvalue weighted by Crippen LogP contribution is 2.14. The zero-order valence-electron chi connectivity index (χ0n) is 10.1. The maximum Gasteiger partial charge on any atom is 0.0594 e. The topological polar surface area (TPSA) is 15.7 Å². The maximum absolute atomic E-state index is 5.34. The molecule has 88 valence electrons. The lowest BCUT2D eigenvalue weighted by Gasteiger charge is -2.26. The average molecular weight is 220 g/mol. The van der Waals surface area contributed by atoms with Crippen molar-refractivity contribution in [3.05, 3.63) is 29.8 Å². The number of nitrogens with zero attached hydrogens (tertiary/aromatic N) is 2. The van der Waals surface area contributed by atoms with E-state index >= 15 is 0 Å². The van der Waals surface area contributed by atoms with E-state index in [1.807, 2.05) is 0 Å². The van der Waals surface area contributed by atoms with Crippen LogP contribution in [-0.4, -0.2) is 45.3 Å². The highest BCUT2D eigenvalue weighted by atomic mass is 16.5. The van der Waals surface area contributed by atoms with E-state index in [9.17, 15) is 0 Å². The predicted molar refractivity (Wildman–Crippen MR) is 66.9 cm³/mol.